The lowest BCUT2D eigenvalue weighted by Crippen LogP contribution is -2.33. The molecular formula is C11H11F3N2O5S. The van der Waals surface area contributed by atoms with Crippen molar-refractivity contribution in [3.63, 3.8) is 0 Å². The predicted octanol–water partition coefficient (Wildman–Crippen LogP) is 0.342. The normalized spacial score (nSPS) is 12.0. The number of alkyl halides is 3. The molecule has 0 saturated carbocycles. The topological polar surface area (TPSA) is 113 Å². The molecule has 0 aliphatic carbocycles. The average Bonchev–Trinajstić information content (AvgIpc) is 2.42. The standard InChI is InChI=1S/C11H11F3N2O5S/c12-11(13,14)6-15-10(19)7-1-3-8(4-2-7)22(20,21)16-5-9(17)18/h1-4,16H,5-6H2,(H,15,19)(H,17,18). The lowest BCUT2D eigenvalue weighted by molar-refractivity contribution is -0.135. The summed E-state index contributed by atoms with van der Waals surface area (Å²) in [5, 5.41) is 10.0. The molecule has 0 heterocycles. The molecule has 0 unspecified atom stereocenters. The van der Waals surface area contributed by atoms with Crippen molar-refractivity contribution in [3.8, 4) is 0 Å². The van der Waals surface area contributed by atoms with E-state index in [2.05, 4.69) is 0 Å². The smallest absolute Gasteiger partial charge is 0.405 e. The molecule has 0 atom stereocenters. The van der Waals surface area contributed by atoms with Gasteiger partial charge in [-0.2, -0.15) is 17.9 Å². The zero-order valence-electron chi connectivity index (χ0n) is 10.8. The van der Waals surface area contributed by atoms with Crippen LogP contribution in [0, 0.1) is 0 Å². The molecule has 0 aliphatic rings. The third-order valence-electron chi connectivity index (χ3n) is 2.29. The summed E-state index contributed by atoms with van der Waals surface area (Å²) in [6, 6.07) is 3.99. The van der Waals surface area contributed by atoms with Crippen LogP contribution in [0.2, 0.25) is 0 Å². The first-order valence-electron chi connectivity index (χ1n) is 5.68. The largest absolute Gasteiger partial charge is 0.480 e. The molecule has 0 spiro atoms. The molecule has 1 aromatic carbocycles. The van der Waals surface area contributed by atoms with Crippen LogP contribution >= 0.6 is 0 Å². The Bertz CT molecular complexity index is 655. The number of hydrogen-bond donors (Lipinski definition) is 3. The number of nitrogens with one attached hydrogen (secondary N) is 2. The SMILES string of the molecule is O=C(O)CNS(=O)(=O)c1ccc(C(=O)NCC(F)(F)F)cc1. The third kappa shape index (κ3) is 5.69. The number of carbonyl (C=O) groups is 2. The van der Waals surface area contributed by atoms with Crippen molar-refractivity contribution in [1.29, 1.82) is 0 Å². The Balaban J connectivity index is 2.78. The van der Waals surface area contributed by atoms with Gasteiger partial charge in [-0.25, -0.2) is 8.42 Å². The molecule has 0 aliphatic heterocycles. The van der Waals surface area contributed by atoms with Crippen molar-refractivity contribution in [2.24, 2.45) is 0 Å². The first-order chi connectivity index (χ1) is 10.0. The summed E-state index contributed by atoms with van der Waals surface area (Å²) in [4.78, 5) is 21.4. The highest BCUT2D eigenvalue weighted by molar-refractivity contribution is 7.89. The lowest BCUT2D eigenvalue weighted by atomic mass is 10.2. The molecule has 7 nitrogen and oxygen atoms in total. The Kier molecular flexibility index (Phi) is 5.49. The number of carboxylic acid groups (broad SMARTS) is 1. The summed E-state index contributed by atoms with van der Waals surface area (Å²) in [5.74, 6) is -2.40. The molecule has 0 fully saturated rings. The number of carbonyl (C=O) groups excluding carboxylic acids is 1. The lowest BCUT2D eigenvalue weighted by Gasteiger charge is -2.09. The van der Waals surface area contributed by atoms with Crippen molar-refractivity contribution in [2.75, 3.05) is 13.1 Å². The quantitative estimate of drug-likeness (QED) is 0.691. The molecule has 22 heavy (non-hydrogen) atoms. The molecule has 0 saturated heterocycles. The third-order valence-corrected chi connectivity index (χ3v) is 3.71. The van der Waals surface area contributed by atoms with Crippen LogP contribution in [0.1, 0.15) is 10.4 Å². The van der Waals surface area contributed by atoms with E-state index in [9.17, 15) is 31.2 Å². The highest BCUT2D eigenvalue weighted by Gasteiger charge is 2.28. The van der Waals surface area contributed by atoms with Gasteiger partial charge in [-0.05, 0) is 24.3 Å². The minimum Gasteiger partial charge on any atom is -0.480 e. The average molecular weight is 340 g/mol. The van der Waals surface area contributed by atoms with Crippen molar-refractivity contribution in [1.82, 2.24) is 10.0 Å². The van der Waals surface area contributed by atoms with Gasteiger partial charge in [0.05, 0.1) is 4.90 Å². The summed E-state index contributed by atoms with van der Waals surface area (Å²) in [6.07, 6.45) is -4.56. The Morgan fingerprint density at radius 3 is 2.14 bits per heavy atom. The van der Waals surface area contributed by atoms with Gasteiger partial charge < -0.3 is 10.4 Å². The van der Waals surface area contributed by atoms with Crippen LogP contribution in [0.25, 0.3) is 0 Å². The van der Waals surface area contributed by atoms with E-state index >= 15 is 0 Å². The van der Waals surface area contributed by atoms with E-state index in [1.165, 1.54) is 0 Å². The Labute approximate surface area is 123 Å². The molecule has 0 radical (unpaired) electrons. The number of sulfonamides is 1. The molecule has 0 bridgehead atoms. The second kappa shape index (κ2) is 6.75. The number of aliphatic carboxylic acids is 1. The maximum atomic E-state index is 12.0. The van der Waals surface area contributed by atoms with E-state index in [0.717, 1.165) is 24.3 Å². The number of carboxylic acids is 1. The van der Waals surface area contributed by atoms with Gasteiger partial charge in [0.15, 0.2) is 0 Å². The highest BCUT2D eigenvalue weighted by atomic mass is 32.2. The maximum absolute atomic E-state index is 12.0. The summed E-state index contributed by atoms with van der Waals surface area (Å²) in [6.45, 7) is -2.33. The fourth-order valence-corrected chi connectivity index (χ4v) is 2.28. The van der Waals surface area contributed by atoms with Gasteiger partial charge in [-0.15, -0.1) is 0 Å². The Morgan fingerprint density at radius 2 is 1.68 bits per heavy atom. The van der Waals surface area contributed by atoms with Gasteiger partial charge in [0.2, 0.25) is 10.0 Å². The molecule has 1 rings (SSSR count). The zero-order valence-corrected chi connectivity index (χ0v) is 11.7. The van der Waals surface area contributed by atoms with Crippen LogP contribution in [0.5, 0.6) is 0 Å². The molecule has 122 valence electrons. The Morgan fingerprint density at radius 1 is 1.14 bits per heavy atom. The van der Waals surface area contributed by atoms with Crippen molar-refractivity contribution in [3.05, 3.63) is 29.8 Å². The molecule has 0 aromatic heterocycles. The zero-order chi connectivity index (χ0) is 17.0. The van der Waals surface area contributed by atoms with Gasteiger partial charge in [-0.3, -0.25) is 9.59 Å². The van der Waals surface area contributed by atoms with Crippen molar-refractivity contribution >= 4 is 21.9 Å². The summed E-state index contributed by atoms with van der Waals surface area (Å²) in [7, 11) is -4.08. The maximum Gasteiger partial charge on any atom is 0.405 e. The van der Waals surface area contributed by atoms with E-state index in [1.54, 1.807) is 10.0 Å². The molecule has 11 heteroatoms. The van der Waals surface area contributed by atoms with Crippen molar-refractivity contribution < 1.29 is 36.3 Å². The summed E-state index contributed by atoms with van der Waals surface area (Å²) >= 11 is 0. The molecule has 3 N–H and O–H groups in total. The van der Waals surface area contributed by atoms with E-state index in [1.807, 2.05) is 0 Å². The number of benzene rings is 1. The van der Waals surface area contributed by atoms with Crippen LogP contribution in [0.4, 0.5) is 13.2 Å². The van der Waals surface area contributed by atoms with E-state index in [4.69, 9.17) is 5.11 Å². The highest BCUT2D eigenvalue weighted by Crippen LogP contribution is 2.14. The van der Waals surface area contributed by atoms with Crippen LogP contribution in [0.15, 0.2) is 29.2 Å². The van der Waals surface area contributed by atoms with Gasteiger partial charge in [0.1, 0.15) is 13.1 Å². The number of amides is 1. The molecule has 1 aromatic rings. The van der Waals surface area contributed by atoms with Crippen LogP contribution in [-0.4, -0.2) is 44.7 Å². The predicted molar refractivity (Wildman–Crippen MR) is 67.7 cm³/mol. The van der Waals surface area contributed by atoms with Crippen molar-refractivity contribution in [2.45, 2.75) is 11.1 Å². The van der Waals surface area contributed by atoms with Crippen LogP contribution in [-0.2, 0) is 14.8 Å². The fraction of sp³-hybridized carbons (Fsp3) is 0.273. The number of halogens is 3. The number of hydrogen-bond acceptors (Lipinski definition) is 4. The van der Waals surface area contributed by atoms with E-state index in [0.29, 0.717) is 0 Å². The Hall–Kier alpha value is -2.14. The summed E-state index contributed by atoms with van der Waals surface area (Å²) in [5.41, 5.74) is -0.165. The first-order valence-corrected chi connectivity index (χ1v) is 7.16. The van der Waals surface area contributed by atoms with Crippen LogP contribution in [0.3, 0.4) is 0 Å². The second-order valence-corrected chi connectivity index (χ2v) is 5.81. The van der Waals surface area contributed by atoms with Crippen LogP contribution < -0.4 is 10.0 Å². The van der Waals surface area contributed by atoms with Gasteiger partial charge >= 0.3 is 12.1 Å². The second-order valence-electron chi connectivity index (χ2n) is 4.04. The minimum absolute atomic E-state index is 0.165. The number of rotatable bonds is 6. The monoisotopic (exact) mass is 340 g/mol. The minimum atomic E-state index is -4.56. The van der Waals surface area contributed by atoms with Gasteiger partial charge in [0, 0.05) is 5.56 Å². The first kappa shape index (κ1) is 17.9. The fourth-order valence-electron chi connectivity index (χ4n) is 1.31. The molecule has 1 amide bonds. The van der Waals surface area contributed by atoms with Gasteiger partial charge in [0.25, 0.3) is 5.91 Å². The van der Waals surface area contributed by atoms with E-state index in [-0.39, 0.29) is 10.5 Å². The van der Waals surface area contributed by atoms with E-state index < -0.39 is 41.2 Å². The molecular weight excluding hydrogens is 329 g/mol. The van der Waals surface area contributed by atoms with Gasteiger partial charge in [-0.1, -0.05) is 0 Å². The summed E-state index contributed by atoms with van der Waals surface area (Å²) < 4.78 is 60.9.